The van der Waals surface area contributed by atoms with E-state index in [0.29, 0.717) is 11.3 Å². The highest BCUT2D eigenvalue weighted by Crippen LogP contribution is 2.37. The molecule has 0 unspecified atom stereocenters. The largest absolute Gasteiger partial charge is 0.490 e. The third-order valence-electron chi connectivity index (χ3n) is 5.53. The number of hydrogen-bond donors (Lipinski definition) is 3. The van der Waals surface area contributed by atoms with Crippen LogP contribution in [0, 0.1) is 11.3 Å². The molecule has 36 heavy (non-hydrogen) atoms. The standard InChI is InChI=1S/C23H24N2OS.C4H9N.C2H6.H2O2/c1-16(2)26-22-11-10-17(12-19(22)13-24)15-27-23(14-25-3)21-9-5-7-18-6-4-8-20(18)21;1-5-4-2-3-4;2*1-2/h5,7,9-12,14,16H,3-4,6,8,15H2,1-2H3;4-5H,2-3H2,1H3;1-2H3;1-2H/b23-14-;;;. The van der Waals surface area contributed by atoms with Gasteiger partial charge in [-0.05, 0) is 94.1 Å². The van der Waals surface area contributed by atoms with Gasteiger partial charge in [-0.15, -0.1) is 11.8 Å². The number of nitrogens with zero attached hydrogens (tertiary/aromatic N) is 2. The van der Waals surface area contributed by atoms with E-state index in [1.165, 1.54) is 36.0 Å². The molecule has 0 spiro atoms. The van der Waals surface area contributed by atoms with E-state index >= 15 is 0 Å². The van der Waals surface area contributed by atoms with Crippen molar-refractivity contribution in [3.63, 3.8) is 0 Å². The topological polar surface area (TPSA) is 97.9 Å². The summed E-state index contributed by atoms with van der Waals surface area (Å²) in [5.74, 6) is 1.41. The molecule has 7 heteroatoms. The number of fused-ring (bicyclic) bond motifs is 1. The lowest BCUT2D eigenvalue weighted by Gasteiger charge is -2.14. The Kier molecular flexibility index (Phi) is 15.5. The van der Waals surface area contributed by atoms with Crippen LogP contribution in [0.25, 0.3) is 4.91 Å². The number of rotatable bonds is 8. The first kappa shape index (κ1) is 31.4. The Morgan fingerprint density at radius 3 is 2.53 bits per heavy atom. The van der Waals surface area contributed by atoms with Gasteiger partial charge in [0.2, 0.25) is 0 Å². The third-order valence-corrected chi connectivity index (χ3v) is 6.64. The van der Waals surface area contributed by atoms with E-state index in [1.807, 2.05) is 59.1 Å². The number of hydrogen-bond acceptors (Lipinski definition) is 7. The van der Waals surface area contributed by atoms with Crippen LogP contribution < -0.4 is 10.1 Å². The van der Waals surface area contributed by atoms with Crippen LogP contribution in [0.4, 0.5) is 0 Å². The second kappa shape index (κ2) is 17.7. The first-order chi connectivity index (χ1) is 17.5. The molecule has 1 saturated carbocycles. The predicted molar refractivity (Wildman–Crippen MR) is 153 cm³/mol. The summed E-state index contributed by atoms with van der Waals surface area (Å²) in [6.45, 7) is 11.6. The number of thioether (sulfide) groups is 1. The van der Waals surface area contributed by atoms with Crippen molar-refractivity contribution in [3.05, 3.63) is 70.4 Å². The van der Waals surface area contributed by atoms with Crippen molar-refractivity contribution in [2.24, 2.45) is 4.99 Å². The summed E-state index contributed by atoms with van der Waals surface area (Å²) in [5, 5.41) is 24.6. The Morgan fingerprint density at radius 2 is 1.97 bits per heavy atom. The van der Waals surface area contributed by atoms with Crippen LogP contribution in [0.1, 0.15) is 74.8 Å². The van der Waals surface area contributed by atoms with Gasteiger partial charge >= 0.3 is 0 Å². The molecular weight excluding hydrogens is 470 g/mol. The van der Waals surface area contributed by atoms with Crippen molar-refractivity contribution in [1.29, 1.82) is 5.26 Å². The van der Waals surface area contributed by atoms with Gasteiger partial charge in [-0.2, -0.15) is 5.26 Å². The minimum Gasteiger partial charge on any atom is -0.490 e. The predicted octanol–water partition coefficient (Wildman–Crippen LogP) is 7.18. The van der Waals surface area contributed by atoms with Crippen molar-refractivity contribution in [1.82, 2.24) is 5.32 Å². The molecule has 0 aromatic heterocycles. The second-order valence-electron chi connectivity index (χ2n) is 8.43. The van der Waals surface area contributed by atoms with E-state index in [4.69, 9.17) is 15.3 Å². The summed E-state index contributed by atoms with van der Waals surface area (Å²) in [6, 6.07) is 15.5. The molecule has 2 aromatic carbocycles. The van der Waals surface area contributed by atoms with Crippen molar-refractivity contribution in [2.45, 2.75) is 77.7 Å². The SMILES string of the molecule is C=N/C=C(\SCc1ccc(OC(C)C)c(C#N)c1)c1cccc2c1CCC2.CC.CNC1CC1.OO. The average molecular weight is 512 g/mol. The quantitative estimate of drug-likeness (QED) is 0.197. The number of aliphatic imine (C=N–C) groups is 1. The van der Waals surface area contributed by atoms with Gasteiger partial charge in [0.15, 0.2) is 0 Å². The van der Waals surface area contributed by atoms with Crippen LogP contribution in [0.3, 0.4) is 0 Å². The Balaban J connectivity index is 0.000000620. The highest BCUT2D eigenvalue weighted by Gasteiger charge is 2.18. The van der Waals surface area contributed by atoms with Crippen LogP contribution in [-0.4, -0.2) is 36.4 Å². The molecule has 0 heterocycles. The fraction of sp³-hybridized carbons (Fsp3) is 0.448. The van der Waals surface area contributed by atoms with Gasteiger partial charge in [0.05, 0.1) is 11.7 Å². The Hall–Kier alpha value is -2.63. The molecule has 0 aliphatic heterocycles. The molecule has 0 amide bonds. The zero-order valence-corrected chi connectivity index (χ0v) is 23.1. The molecule has 4 rings (SSSR count). The Bertz CT molecular complexity index is 1010. The van der Waals surface area contributed by atoms with Crippen molar-refractivity contribution in [2.75, 3.05) is 7.05 Å². The van der Waals surface area contributed by atoms with Crippen molar-refractivity contribution < 1.29 is 15.3 Å². The highest BCUT2D eigenvalue weighted by atomic mass is 32.2. The van der Waals surface area contributed by atoms with Crippen LogP contribution in [0.5, 0.6) is 5.75 Å². The normalized spacial score (nSPS) is 13.6. The van der Waals surface area contributed by atoms with E-state index in [1.54, 1.807) is 11.8 Å². The maximum absolute atomic E-state index is 9.43. The van der Waals surface area contributed by atoms with Gasteiger partial charge in [-0.3, -0.25) is 15.5 Å². The minimum atomic E-state index is 0.0469. The third kappa shape index (κ3) is 10.2. The zero-order chi connectivity index (χ0) is 26.9. The molecule has 6 nitrogen and oxygen atoms in total. The van der Waals surface area contributed by atoms with Crippen LogP contribution >= 0.6 is 11.8 Å². The van der Waals surface area contributed by atoms with Crippen molar-refractivity contribution >= 4 is 23.4 Å². The van der Waals surface area contributed by atoms with E-state index in [-0.39, 0.29) is 6.10 Å². The number of benzene rings is 2. The molecule has 196 valence electrons. The maximum atomic E-state index is 9.43. The molecule has 0 bridgehead atoms. The maximum Gasteiger partial charge on any atom is 0.137 e. The summed E-state index contributed by atoms with van der Waals surface area (Å²) in [5.41, 5.74) is 5.83. The van der Waals surface area contributed by atoms with E-state index in [0.717, 1.165) is 35.1 Å². The van der Waals surface area contributed by atoms with E-state index < -0.39 is 0 Å². The van der Waals surface area contributed by atoms with E-state index in [2.05, 4.69) is 41.3 Å². The molecule has 2 aromatic rings. The monoisotopic (exact) mass is 511 g/mol. The van der Waals surface area contributed by atoms with Gasteiger partial charge in [-0.25, -0.2) is 0 Å². The fourth-order valence-electron chi connectivity index (χ4n) is 3.76. The lowest BCUT2D eigenvalue weighted by molar-refractivity contribution is -0.176. The molecule has 0 atom stereocenters. The molecule has 3 N–H and O–H groups in total. The van der Waals surface area contributed by atoms with Gasteiger partial charge < -0.3 is 10.1 Å². The number of ether oxygens (including phenoxy) is 1. The summed E-state index contributed by atoms with van der Waals surface area (Å²) in [4.78, 5) is 5.15. The molecular formula is C29H41N3O3S. The summed E-state index contributed by atoms with van der Waals surface area (Å²) in [6.07, 6.45) is 8.19. The number of nitriles is 1. The van der Waals surface area contributed by atoms with Gasteiger partial charge in [0.25, 0.3) is 0 Å². The number of aryl methyl sites for hydroxylation is 1. The van der Waals surface area contributed by atoms with Crippen LogP contribution in [-0.2, 0) is 18.6 Å². The van der Waals surface area contributed by atoms with Gasteiger partial charge in [0, 0.05) is 22.9 Å². The highest BCUT2D eigenvalue weighted by molar-refractivity contribution is 8.07. The van der Waals surface area contributed by atoms with Crippen LogP contribution in [0.15, 0.2) is 47.6 Å². The average Bonchev–Trinajstić information content (AvgIpc) is 3.64. The minimum absolute atomic E-state index is 0.0469. The molecule has 0 radical (unpaired) electrons. The molecule has 0 saturated heterocycles. The lowest BCUT2D eigenvalue weighted by Crippen LogP contribution is -2.06. The van der Waals surface area contributed by atoms with Gasteiger partial charge in [0.1, 0.15) is 11.8 Å². The Labute approximate surface area is 221 Å². The first-order valence-corrected chi connectivity index (χ1v) is 13.5. The first-order valence-electron chi connectivity index (χ1n) is 12.5. The molecule has 2 aliphatic rings. The molecule has 1 fully saturated rings. The number of nitrogens with one attached hydrogen (secondary N) is 1. The van der Waals surface area contributed by atoms with Crippen LogP contribution in [0.2, 0.25) is 0 Å². The zero-order valence-electron chi connectivity index (χ0n) is 22.3. The summed E-state index contributed by atoms with van der Waals surface area (Å²) >= 11 is 1.73. The Morgan fingerprint density at radius 1 is 1.25 bits per heavy atom. The molecule has 2 aliphatic carbocycles. The lowest BCUT2D eigenvalue weighted by atomic mass is 10.0. The second-order valence-corrected chi connectivity index (χ2v) is 9.45. The van der Waals surface area contributed by atoms with Gasteiger partial charge in [-0.1, -0.05) is 38.1 Å². The van der Waals surface area contributed by atoms with E-state index in [9.17, 15) is 5.26 Å². The summed E-state index contributed by atoms with van der Waals surface area (Å²) in [7, 11) is 2.01. The smallest absolute Gasteiger partial charge is 0.137 e. The summed E-state index contributed by atoms with van der Waals surface area (Å²) < 4.78 is 5.71. The fourth-order valence-corrected chi connectivity index (χ4v) is 4.76. The van der Waals surface area contributed by atoms with Crippen molar-refractivity contribution in [3.8, 4) is 11.8 Å².